The van der Waals surface area contributed by atoms with Crippen LogP contribution < -0.4 is 0 Å². The summed E-state index contributed by atoms with van der Waals surface area (Å²) < 4.78 is 0. The Hall–Kier alpha value is -3.08. The first-order chi connectivity index (χ1) is 10.4. The molecule has 1 aliphatic carbocycles. The highest BCUT2D eigenvalue weighted by molar-refractivity contribution is 6.31. The van der Waals surface area contributed by atoms with Gasteiger partial charge in [0.05, 0.1) is 5.56 Å². The molecule has 3 rings (SSSR count). The summed E-state index contributed by atoms with van der Waals surface area (Å²) in [5.41, 5.74) is 0.171. The first kappa shape index (κ1) is 13.9. The number of carbonyl (C=O) groups is 4. The quantitative estimate of drug-likeness (QED) is 0.733. The molecule has 0 aromatic heterocycles. The molecule has 108 valence electrons. The Morgan fingerprint density at radius 1 is 0.909 bits per heavy atom. The van der Waals surface area contributed by atoms with Crippen molar-refractivity contribution in [1.82, 2.24) is 0 Å². The van der Waals surface area contributed by atoms with E-state index >= 15 is 0 Å². The number of rotatable bonds is 2. The normalized spacial score (nSPS) is 12.6. The van der Waals surface area contributed by atoms with Crippen molar-refractivity contribution in [2.45, 2.75) is 6.92 Å². The van der Waals surface area contributed by atoms with Gasteiger partial charge >= 0.3 is 5.97 Å². The van der Waals surface area contributed by atoms with Crippen molar-refractivity contribution in [1.29, 1.82) is 0 Å². The van der Waals surface area contributed by atoms with Crippen LogP contribution in [0, 0.1) is 0 Å². The van der Waals surface area contributed by atoms with Gasteiger partial charge in [-0.05, 0) is 19.1 Å². The third kappa shape index (κ3) is 1.87. The number of carboxylic acids is 1. The van der Waals surface area contributed by atoms with E-state index in [2.05, 4.69) is 0 Å². The van der Waals surface area contributed by atoms with Crippen molar-refractivity contribution in [3.05, 3.63) is 69.8 Å². The molecule has 2 aromatic carbocycles. The largest absolute Gasteiger partial charge is 0.478 e. The van der Waals surface area contributed by atoms with Crippen LogP contribution in [0.15, 0.2) is 36.4 Å². The number of hydrogen-bond acceptors (Lipinski definition) is 4. The lowest BCUT2D eigenvalue weighted by Crippen LogP contribution is -2.24. The Balaban J connectivity index is 2.39. The van der Waals surface area contributed by atoms with Gasteiger partial charge in [0.1, 0.15) is 0 Å². The van der Waals surface area contributed by atoms with E-state index in [-0.39, 0.29) is 33.4 Å². The molecule has 5 heteroatoms. The minimum Gasteiger partial charge on any atom is -0.478 e. The van der Waals surface area contributed by atoms with Crippen molar-refractivity contribution in [3.8, 4) is 0 Å². The van der Waals surface area contributed by atoms with Crippen molar-refractivity contribution >= 4 is 23.3 Å². The Labute approximate surface area is 125 Å². The Kier molecular flexibility index (Phi) is 2.99. The van der Waals surface area contributed by atoms with Crippen molar-refractivity contribution in [2.24, 2.45) is 0 Å². The summed E-state index contributed by atoms with van der Waals surface area (Å²) in [6, 6.07) is 8.59. The number of carbonyl (C=O) groups excluding carboxylic acids is 3. The van der Waals surface area contributed by atoms with Gasteiger partial charge in [0.25, 0.3) is 0 Å². The second-order valence-corrected chi connectivity index (χ2v) is 5.01. The standard InChI is InChI=1S/C17H10O5/c1-8(18)12-6-9(17(21)22)7-13-14(12)16(20)11-5-3-2-4-10(11)15(13)19/h2-7H,1H3,(H,21,22). The van der Waals surface area contributed by atoms with E-state index in [1.165, 1.54) is 19.1 Å². The lowest BCUT2D eigenvalue weighted by atomic mass is 9.80. The fourth-order valence-corrected chi connectivity index (χ4v) is 2.63. The molecule has 0 fully saturated rings. The number of carboxylic acid groups (broad SMARTS) is 1. The minimum atomic E-state index is -1.26. The number of Topliss-reactive ketones (excluding diaryl/α,β-unsaturated/α-hetero) is 1. The van der Waals surface area contributed by atoms with Gasteiger partial charge in [-0.3, -0.25) is 14.4 Å². The van der Waals surface area contributed by atoms with Crippen molar-refractivity contribution in [3.63, 3.8) is 0 Å². The van der Waals surface area contributed by atoms with Crippen LogP contribution in [-0.2, 0) is 0 Å². The molecule has 2 aromatic rings. The fraction of sp³-hybridized carbons (Fsp3) is 0.0588. The number of fused-ring (bicyclic) bond motifs is 2. The maximum absolute atomic E-state index is 12.6. The summed E-state index contributed by atoms with van der Waals surface area (Å²) in [7, 11) is 0. The average molecular weight is 294 g/mol. The highest BCUT2D eigenvalue weighted by atomic mass is 16.4. The van der Waals surface area contributed by atoms with Crippen molar-refractivity contribution in [2.75, 3.05) is 0 Å². The SMILES string of the molecule is CC(=O)c1cc(C(=O)O)cc2c1C(=O)c1ccccc1C2=O. The molecule has 0 spiro atoms. The first-order valence-corrected chi connectivity index (χ1v) is 6.52. The van der Waals surface area contributed by atoms with E-state index in [0.717, 1.165) is 12.1 Å². The zero-order valence-electron chi connectivity index (χ0n) is 11.5. The van der Waals surface area contributed by atoms with E-state index in [9.17, 15) is 19.2 Å². The molecule has 1 aliphatic rings. The number of ketones is 3. The molecule has 0 atom stereocenters. The number of benzene rings is 2. The van der Waals surface area contributed by atoms with Gasteiger partial charge in [0.2, 0.25) is 0 Å². The topological polar surface area (TPSA) is 88.5 Å². The van der Waals surface area contributed by atoms with Gasteiger partial charge in [0.15, 0.2) is 17.3 Å². The van der Waals surface area contributed by atoms with E-state index < -0.39 is 23.3 Å². The monoisotopic (exact) mass is 294 g/mol. The van der Waals surface area contributed by atoms with Crippen LogP contribution in [0.5, 0.6) is 0 Å². The molecule has 0 bridgehead atoms. The zero-order chi connectivity index (χ0) is 16.0. The van der Waals surface area contributed by atoms with Crippen LogP contribution in [0.2, 0.25) is 0 Å². The van der Waals surface area contributed by atoms with Crippen LogP contribution in [-0.4, -0.2) is 28.4 Å². The van der Waals surface area contributed by atoms with E-state index in [4.69, 9.17) is 5.11 Å². The molecule has 5 nitrogen and oxygen atoms in total. The average Bonchev–Trinajstić information content (AvgIpc) is 2.51. The lowest BCUT2D eigenvalue weighted by Gasteiger charge is -2.19. The molecular weight excluding hydrogens is 284 g/mol. The molecule has 0 radical (unpaired) electrons. The van der Waals surface area contributed by atoms with Gasteiger partial charge < -0.3 is 5.11 Å². The predicted octanol–water partition coefficient (Wildman–Crippen LogP) is 2.36. The van der Waals surface area contributed by atoms with Gasteiger partial charge in [-0.1, -0.05) is 24.3 Å². The second kappa shape index (κ2) is 4.73. The predicted molar refractivity (Wildman–Crippen MR) is 76.7 cm³/mol. The number of hydrogen-bond donors (Lipinski definition) is 1. The highest BCUT2D eigenvalue weighted by Crippen LogP contribution is 2.30. The summed E-state index contributed by atoms with van der Waals surface area (Å²) in [5.74, 6) is -2.60. The molecule has 0 saturated carbocycles. The Bertz CT molecular complexity index is 877. The summed E-state index contributed by atoms with van der Waals surface area (Å²) in [6.45, 7) is 1.24. The molecule has 0 unspecified atom stereocenters. The molecule has 1 N–H and O–H groups in total. The third-order valence-corrected chi connectivity index (χ3v) is 3.65. The molecular formula is C17H10O5. The first-order valence-electron chi connectivity index (χ1n) is 6.52. The van der Waals surface area contributed by atoms with E-state index in [0.29, 0.717) is 0 Å². The van der Waals surface area contributed by atoms with Gasteiger partial charge in [-0.2, -0.15) is 0 Å². The molecule has 22 heavy (non-hydrogen) atoms. The fourth-order valence-electron chi connectivity index (χ4n) is 2.63. The van der Waals surface area contributed by atoms with Crippen LogP contribution >= 0.6 is 0 Å². The lowest BCUT2D eigenvalue weighted by molar-refractivity contribution is 0.0696. The van der Waals surface area contributed by atoms with Crippen LogP contribution in [0.3, 0.4) is 0 Å². The summed E-state index contributed by atoms with van der Waals surface area (Å²) in [4.78, 5) is 48.1. The van der Waals surface area contributed by atoms with Gasteiger partial charge in [-0.25, -0.2) is 4.79 Å². The van der Waals surface area contributed by atoms with E-state index in [1.807, 2.05) is 0 Å². The molecule has 0 heterocycles. The Morgan fingerprint density at radius 3 is 2.05 bits per heavy atom. The molecule has 0 aliphatic heterocycles. The number of aromatic carboxylic acids is 1. The van der Waals surface area contributed by atoms with Gasteiger partial charge in [0, 0.05) is 27.8 Å². The third-order valence-electron chi connectivity index (χ3n) is 3.65. The smallest absolute Gasteiger partial charge is 0.335 e. The molecule has 0 saturated heterocycles. The summed E-state index contributed by atoms with van der Waals surface area (Å²) >= 11 is 0. The minimum absolute atomic E-state index is 0.0128. The molecule has 0 amide bonds. The summed E-state index contributed by atoms with van der Waals surface area (Å²) in [5, 5.41) is 9.13. The Morgan fingerprint density at radius 2 is 1.50 bits per heavy atom. The van der Waals surface area contributed by atoms with E-state index in [1.54, 1.807) is 12.1 Å². The van der Waals surface area contributed by atoms with Crippen LogP contribution in [0.4, 0.5) is 0 Å². The van der Waals surface area contributed by atoms with Gasteiger partial charge in [-0.15, -0.1) is 0 Å². The van der Waals surface area contributed by atoms with Crippen LogP contribution in [0.25, 0.3) is 0 Å². The second-order valence-electron chi connectivity index (χ2n) is 5.01. The highest BCUT2D eigenvalue weighted by Gasteiger charge is 2.33. The maximum Gasteiger partial charge on any atom is 0.335 e. The zero-order valence-corrected chi connectivity index (χ0v) is 11.5. The maximum atomic E-state index is 12.6. The van der Waals surface area contributed by atoms with Crippen molar-refractivity contribution < 1.29 is 24.3 Å². The van der Waals surface area contributed by atoms with Crippen LogP contribution in [0.1, 0.15) is 59.5 Å². The summed E-state index contributed by atoms with van der Waals surface area (Å²) in [6.07, 6.45) is 0.